The number of rotatable bonds is 12. The molecule has 184 valence electrons. The van der Waals surface area contributed by atoms with Crippen molar-refractivity contribution < 1.29 is 14.9 Å². The normalized spacial score (nSPS) is 26.1. The molecule has 4 heteroatoms. The molecular weight excluding hydrogens is 410 g/mol. The standard InChI is InChI=1S/C29H45NO3/c1-20(2)30(21(3)4)12-7-13-33-19-24-15-25-18-29(32)27(28(25)17-24)11-10-26(31)16-23-9-6-8-22(5)14-23/h6,8-11,14-15,20-21,25-29,31-32H,7,12-13,16-19H2,1-5H3/t25-,26+,27+,28-,29+/m0/s1. The van der Waals surface area contributed by atoms with Crippen LogP contribution in [0.1, 0.15) is 58.1 Å². The van der Waals surface area contributed by atoms with Crippen LogP contribution in [0.25, 0.3) is 0 Å². The van der Waals surface area contributed by atoms with E-state index in [1.165, 1.54) is 11.1 Å². The number of hydrogen-bond donors (Lipinski definition) is 2. The van der Waals surface area contributed by atoms with Gasteiger partial charge in [-0.1, -0.05) is 48.1 Å². The molecule has 2 aliphatic carbocycles. The monoisotopic (exact) mass is 455 g/mol. The van der Waals surface area contributed by atoms with Gasteiger partial charge in [-0.05, 0) is 76.9 Å². The van der Waals surface area contributed by atoms with E-state index in [0.717, 1.165) is 38.0 Å². The van der Waals surface area contributed by atoms with Crippen LogP contribution < -0.4 is 0 Å². The number of ether oxygens (including phenoxy) is 1. The van der Waals surface area contributed by atoms with Gasteiger partial charge in [0, 0.05) is 37.6 Å². The third-order valence-corrected chi connectivity index (χ3v) is 7.35. The van der Waals surface area contributed by atoms with Crippen LogP contribution >= 0.6 is 0 Å². The lowest BCUT2D eigenvalue weighted by molar-refractivity contribution is 0.115. The lowest BCUT2D eigenvalue weighted by Crippen LogP contribution is -2.38. The molecule has 0 unspecified atom stereocenters. The predicted molar refractivity (Wildman–Crippen MR) is 136 cm³/mol. The highest BCUT2D eigenvalue weighted by Gasteiger charge is 2.43. The highest BCUT2D eigenvalue weighted by molar-refractivity contribution is 5.24. The van der Waals surface area contributed by atoms with Crippen LogP contribution in [-0.4, -0.2) is 59.2 Å². The molecule has 0 bridgehead atoms. The van der Waals surface area contributed by atoms with Gasteiger partial charge in [-0.25, -0.2) is 0 Å². The lowest BCUT2D eigenvalue weighted by atomic mass is 9.89. The number of aliphatic hydroxyl groups excluding tert-OH is 2. The van der Waals surface area contributed by atoms with Crippen LogP contribution in [0.2, 0.25) is 0 Å². The Kier molecular flexibility index (Phi) is 9.75. The second-order valence-corrected chi connectivity index (χ2v) is 10.7. The predicted octanol–water partition coefficient (Wildman–Crippen LogP) is 4.92. The van der Waals surface area contributed by atoms with Crippen molar-refractivity contribution in [3.05, 3.63) is 59.2 Å². The first-order valence-corrected chi connectivity index (χ1v) is 12.9. The molecule has 0 saturated heterocycles. The van der Waals surface area contributed by atoms with Crippen LogP contribution in [0, 0.1) is 24.7 Å². The molecule has 0 aliphatic heterocycles. The van der Waals surface area contributed by atoms with Gasteiger partial charge in [-0.15, -0.1) is 0 Å². The van der Waals surface area contributed by atoms with Crippen LogP contribution in [0.4, 0.5) is 0 Å². The second kappa shape index (κ2) is 12.3. The minimum Gasteiger partial charge on any atom is -0.392 e. The minimum atomic E-state index is -0.522. The molecule has 0 amide bonds. The van der Waals surface area contributed by atoms with Crippen molar-refractivity contribution in [1.82, 2.24) is 4.90 Å². The summed E-state index contributed by atoms with van der Waals surface area (Å²) >= 11 is 0. The number of fused-ring (bicyclic) bond motifs is 1. The van der Waals surface area contributed by atoms with Gasteiger partial charge in [-0.3, -0.25) is 4.90 Å². The Bertz CT molecular complexity index is 792. The average molecular weight is 456 g/mol. The number of allylic oxidation sites excluding steroid dienone is 1. The van der Waals surface area contributed by atoms with E-state index in [0.29, 0.717) is 36.9 Å². The lowest BCUT2D eigenvalue weighted by Gasteiger charge is -2.30. The van der Waals surface area contributed by atoms with Gasteiger partial charge in [0.15, 0.2) is 0 Å². The third kappa shape index (κ3) is 7.51. The van der Waals surface area contributed by atoms with Gasteiger partial charge in [0.2, 0.25) is 0 Å². The van der Waals surface area contributed by atoms with E-state index in [-0.39, 0.29) is 12.0 Å². The van der Waals surface area contributed by atoms with Gasteiger partial charge < -0.3 is 14.9 Å². The quantitative estimate of drug-likeness (QED) is 0.347. The molecule has 4 nitrogen and oxygen atoms in total. The summed E-state index contributed by atoms with van der Waals surface area (Å²) in [6, 6.07) is 9.41. The van der Waals surface area contributed by atoms with Gasteiger partial charge in [0.05, 0.1) is 18.8 Å². The van der Waals surface area contributed by atoms with Crippen LogP contribution in [0.15, 0.2) is 48.1 Å². The molecule has 1 fully saturated rings. The van der Waals surface area contributed by atoms with Crippen molar-refractivity contribution in [2.24, 2.45) is 17.8 Å². The largest absolute Gasteiger partial charge is 0.392 e. The van der Waals surface area contributed by atoms with E-state index in [2.05, 4.69) is 69.9 Å². The van der Waals surface area contributed by atoms with E-state index in [9.17, 15) is 10.2 Å². The number of nitrogens with zero attached hydrogens (tertiary/aromatic N) is 1. The maximum absolute atomic E-state index is 10.6. The van der Waals surface area contributed by atoms with E-state index < -0.39 is 6.10 Å². The summed E-state index contributed by atoms with van der Waals surface area (Å²) in [5.74, 6) is 0.972. The van der Waals surface area contributed by atoms with Crippen LogP contribution in [-0.2, 0) is 11.2 Å². The number of benzene rings is 1. The Morgan fingerprint density at radius 3 is 2.64 bits per heavy atom. The summed E-state index contributed by atoms with van der Waals surface area (Å²) in [6.07, 6.45) is 8.94. The highest BCUT2D eigenvalue weighted by atomic mass is 16.5. The molecule has 2 aliphatic rings. The Morgan fingerprint density at radius 2 is 1.94 bits per heavy atom. The number of hydrogen-bond acceptors (Lipinski definition) is 4. The molecule has 3 rings (SSSR count). The fraction of sp³-hybridized carbons (Fsp3) is 0.655. The summed E-state index contributed by atoms with van der Waals surface area (Å²) in [4.78, 5) is 2.51. The summed E-state index contributed by atoms with van der Waals surface area (Å²) < 4.78 is 6.01. The zero-order chi connectivity index (χ0) is 24.0. The molecule has 1 aromatic carbocycles. The topological polar surface area (TPSA) is 52.9 Å². The van der Waals surface area contributed by atoms with Crippen LogP contribution in [0.5, 0.6) is 0 Å². The van der Waals surface area contributed by atoms with Crippen molar-refractivity contribution in [3.63, 3.8) is 0 Å². The summed E-state index contributed by atoms with van der Waals surface area (Å²) in [5, 5.41) is 21.1. The Hall–Kier alpha value is -1.46. The SMILES string of the molecule is Cc1cccc(C[C@H](O)C=C[C@@H]2[C@H]3CC(COCCCN(C(C)C)C(C)C)=C[C@H]3C[C@H]2O)c1. The van der Waals surface area contributed by atoms with Crippen molar-refractivity contribution in [3.8, 4) is 0 Å². The first-order valence-electron chi connectivity index (χ1n) is 12.9. The van der Waals surface area contributed by atoms with Crippen LogP contribution in [0.3, 0.4) is 0 Å². The maximum Gasteiger partial charge on any atom is 0.0761 e. The molecule has 0 aromatic heterocycles. The third-order valence-electron chi connectivity index (χ3n) is 7.35. The molecule has 33 heavy (non-hydrogen) atoms. The molecule has 1 saturated carbocycles. The van der Waals surface area contributed by atoms with Crippen molar-refractivity contribution in [2.45, 2.75) is 84.6 Å². The van der Waals surface area contributed by atoms with Gasteiger partial charge >= 0.3 is 0 Å². The Labute approximate surface area is 201 Å². The highest BCUT2D eigenvalue weighted by Crippen LogP contribution is 2.47. The zero-order valence-corrected chi connectivity index (χ0v) is 21.3. The van der Waals surface area contributed by atoms with Gasteiger partial charge in [0.25, 0.3) is 0 Å². The molecule has 0 spiro atoms. The minimum absolute atomic E-state index is 0.113. The zero-order valence-electron chi connectivity index (χ0n) is 21.3. The molecule has 1 aromatic rings. The van der Waals surface area contributed by atoms with E-state index in [1.54, 1.807) is 0 Å². The van der Waals surface area contributed by atoms with E-state index >= 15 is 0 Å². The Morgan fingerprint density at radius 1 is 1.18 bits per heavy atom. The first-order chi connectivity index (χ1) is 15.7. The first kappa shape index (κ1) is 26.2. The molecule has 2 N–H and O–H groups in total. The maximum atomic E-state index is 10.6. The van der Waals surface area contributed by atoms with E-state index in [1.807, 2.05) is 12.1 Å². The molecule has 0 heterocycles. The number of aliphatic hydroxyl groups is 2. The van der Waals surface area contributed by atoms with Gasteiger partial charge in [0.1, 0.15) is 0 Å². The summed E-state index contributed by atoms with van der Waals surface area (Å²) in [7, 11) is 0. The fourth-order valence-electron chi connectivity index (χ4n) is 5.78. The smallest absolute Gasteiger partial charge is 0.0761 e. The Balaban J connectivity index is 1.43. The summed E-state index contributed by atoms with van der Waals surface area (Å²) in [6.45, 7) is 13.7. The average Bonchev–Trinajstić information content (AvgIpc) is 3.24. The summed E-state index contributed by atoms with van der Waals surface area (Å²) in [5.41, 5.74) is 3.73. The molecular formula is C29H45NO3. The second-order valence-electron chi connectivity index (χ2n) is 10.7. The molecule has 0 radical (unpaired) electrons. The van der Waals surface area contributed by atoms with Crippen molar-refractivity contribution in [1.29, 1.82) is 0 Å². The fourth-order valence-corrected chi connectivity index (χ4v) is 5.78. The molecule has 5 atom stereocenters. The van der Waals surface area contributed by atoms with Crippen molar-refractivity contribution >= 4 is 0 Å². The van der Waals surface area contributed by atoms with Crippen molar-refractivity contribution in [2.75, 3.05) is 19.8 Å². The number of aryl methyl sites for hydroxylation is 1. The van der Waals surface area contributed by atoms with Gasteiger partial charge in [-0.2, -0.15) is 0 Å². The van der Waals surface area contributed by atoms with E-state index in [4.69, 9.17) is 4.74 Å².